The van der Waals surface area contributed by atoms with Crippen molar-refractivity contribution in [3.8, 4) is 34.4 Å². The third-order valence-electron chi connectivity index (χ3n) is 4.79. The maximum Gasteiger partial charge on any atom is 0.339 e. The highest BCUT2D eigenvalue weighted by atomic mass is 79.9. The molecule has 0 amide bonds. The predicted octanol–water partition coefficient (Wildman–Crippen LogP) is 6.53. The molecule has 0 spiro atoms. The number of hydrogen-bond donors (Lipinski definition) is 2. The minimum Gasteiger partial charge on any atom is -0.478 e. The van der Waals surface area contributed by atoms with Crippen molar-refractivity contribution in [2.24, 2.45) is 5.73 Å². The number of halogens is 3. The molecular formula is C25H17BrF2N2O4. The van der Waals surface area contributed by atoms with Crippen molar-refractivity contribution >= 4 is 21.9 Å². The first kappa shape index (κ1) is 23.3. The fourth-order valence-electron chi connectivity index (χ4n) is 3.17. The first-order valence-electron chi connectivity index (χ1n) is 9.98. The van der Waals surface area contributed by atoms with Gasteiger partial charge in [0.1, 0.15) is 17.1 Å². The molecule has 3 N–H and O–H groups in total. The fraction of sp³-hybridized carbons (Fsp3) is 0.0400. The number of aromatic carboxylic acids is 1. The standard InChI is InChI=1S/C25H17BrF2N2O4/c26-17-7-8-22(19(11-17)25(31)32)34-24-21(28)12-20(27)23(30-24)33-18-6-2-5-16(10-18)15-4-1-3-14(9-15)13-29/h1-12H,13,29H2,(H,31,32). The third-order valence-corrected chi connectivity index (χ3v) is 5.28. The number of nitrogens with zero attached hydrogens (tertiary/aromatic N) is 1. The van der Waals surface area contributed by atoms with Gasteiger partial charge in [-0.05, 0) is 53.1 Å². The Hall–Kier alpha value is -3.82. The van der Waals surface area contributed by atoms with Crippen LogP contribution in [-0.4, -0.2) is 16.1 Å². The van der Waals surface area contributed by atoms with Gasteiger partial charge in [-0.2, -0.15) is 4.98 Å². The summed E-state index contributed by atoms with van der Waals surface area (Å²) in [7, 11) is 0. The average molecular weight is 527 g/mol. The van der Waals surface area contributed by atoms with Crippen LogP contribution in [-0.2, 0) is 6.54 Å². The molecule has 0 atom stereocenters. The van der Waals surface area contributed by atoms with Gasteiger partial charge in [-0.15, -0.1) is 0 Å². The van der Waals surface area contributed by atoms with E-state index in [0.717, 1.165) is 16.7 Å². The van der Waals surface area contributed by atoms with Gasteiger partial charge in [-0.25, -0.2) is 13.6 Å². The van der Waals surface area contributed by atoms with Crippen LogP contribution in [0.4, 0.5) is 8.78 Å². The SMILES string of the molecule is NCc1cccc(-c2cccc(Oc3nc(Oc4ccc(Br)cc4C(=O)O)c(F)cc3F)c2)c1. The van der Waals surface area contributed by atoms with E-state index in [1.54, 1.807) is 18.2 Å². The van der Waals surface area contributed by atoms with Crippen LogP contribution in [0.3, 0.4) is 0 Å². The van der Waals surface area contributed by atoms with Gasteiger partial charge in [0.05, 0.1) is 0 Å². The molecule has 0 bridgehead atoms. The van der Waals surface area contributed by atoms with Crippen molar-refractivity contribution in [3.05, 3.63) is 100 Å². The molecule has 1 heterocycles. The van der Waals surface area contributed by atoms with Crippen molar-refractivity contribution < 1.29 is 28.2 Å². The number of rotatable bonds is 7. The number of pyridine rings is 1. The zero-order valence-electron chi connectivity index (χ0n) is 17.5. The van der Waals surface area contributed by atoms with Crippen LogP contribution in [0.2, 0.25) is 0 Å². The Balaban J connectivity index is 1.64. The molecule has 3 aromatic carbocycles. The van der Waals surface area contributed by atoms with Crippen LogP contribution in [0.15, 0.2) is 77.3 Å². The average Bonchev–Trinajstić information content (AvgIpc) is 2.83. The van der Waals surface area contributed by atoms with Crippen molar-refractivity contribution in [3.63, 3.8) is 0 Å². The zero-order chi connectivity index (χ0) is 24.2. The molecule has 34 heavy (non-hydrogen) atoms. The van der Waals surface area contributed by atoms with Crippen LogP contribution in [0.25, 0.3) is 11.1 Å². The summed E-state index contributed by atoms with van der Waals surface area (Å²) < 4.78 is 40.2. The van der Waals surface area contributed by atoms with E-state index in [1.807, 2.05) is 30.3 Å². The molecule has 0 radical (unpaired) electrons. The summed E-state index contributed by atoms with van der Waals surface area (Å²) in [6.07, 6.45) is 0. The second-order valence-corrected chi connectivity index (χ2v) is 8.06. The van der Waals surface area contributed by atoms with Gasteiger partial charge in [0.15, 0.2) is 11.6 Å². The summed E-state index contributed by atoms with van der Waals surface area (Å²) in [5.41, 5.74) is 8.12. The third kappa shape index (κ3) is 5.22. The number of carboxylic acid groups (broad SMARTS) is 1. The maximum absolute atomic E-state index is 14.4. The Morgan fingerprint density at radius 2 is 1.59 bits per heavy atom. The minimum absolute atomic E-state index is 0.165. The Kier molecular flexibility index (Phi) is 6.85. The number of benzene rings is 3. The zero-order valence-corrected chi connectivity index (χ0v) is 19.1. The van der Waals surface area contributed by atoms with Gasteiger partial charge >= 0.3 is 5.97 Å². The summed E-state index contributed by atoms with van der Waals surface area (Å²) in [5.74, 6) is -4.51. The number of nitrogens with two attached hydrogens (primary N) is 1. The monoisotopic (exact) mass is 526 g/mol. The summed E-state index contributed by atoms with van der Waals surface area (Å²) >= 11 is 3.17. The Labute approximate surface area is 201 Å². The maximum atomic E-state index is 14.4. The van der Waals surface area contributed by atoms with Gasteiger partial charge in [0.25, 0.3) is 11.8 Å². The molecule has 0 saturated carbocycles. The molecule has 1 aromatic heterocycles. The summed E-state index contributed by atoms with van der Waals surface area (Å²) in [6, 6.07) is 19.2. The van der Waals surface area contributed by atoms with Gasteiger partial charge in [0.2, 0.25) is 0 Å². The summed E-state index contributed by atoms with van der Waals surface area (Å²) in [5, 5.41) is 9.38. The lowest BCUT2D eigenvalue weighted by atomic mass is 10.0. The highest BCUT2D eigenvalue weighted by Crippen LogP contribution is 2.33. The van der Waals surface area contributed by atoms with E-state index in [2.05, 4.69) is 20.9 Å². The second-order valence-electron chi connectivity index (χ2n) is 7.14. The molecular weight excluding hydrogens is 510 g/mol. The lowest BCUT2D eigenvalue weighted by Gasteiger charge is -2.12. The van der Waals surface area contributed by atoms with E-state index in [0.29, 0.717) is 17.1 Å². The highest BCUT2D eigenvalue weighted by Gasteiger charge is 2.19. The number of hydrogen-bond acceptors (Lipinski definition) is 5. The highest BCUT2D eigenvalue weighted by molar-refractivity contribution is 9.10. The summed E-state index contributed by atoms with van der Waals surface area (Å²) in [4.78, 5) is 15.3. The molecule has 4 aromatic rings. The van der Waals surface area contributed by atoms with Gasteiger partial charge in [-0.3, -0.25) is 0 Å². The van der Waals surface area contributed by atoms with Crippen LogP contribution < -0.4 is 15.2 Å². The predicted molar refractivity (Wildman–Crippen MR) is 125 cm³/mol. The molecule has 172 valence electrons. The van der Waals surface area contributed by atoms with Crippen LogP contribution in [0.5, 0.6) is 23.3 Å². The molecule has 6 nitrogen and oxygen atoms in total. The topological polar surface area (TPSA) is 94.7 Å². The quantitative estimate of drug-likeness (QED) is 0.284. The number of carboxylic acids is 1. The van der Waals surface area contributed by atoms with Crippen molar-refractivity contribution in [1.29, 1.82) is 0 Å². The van der Waals surface area contributed by atoms with E-state index in [1.165, 1.54) is 18.2 Å². The van der Waals surface area contributed by atoms with Crippen molar-refractivity contribution in [2.45, 2.75) is 6.54 Å². The van der Waals surface area contributed by atoms with Gasteiger partial charge < -0.3 is 20.3 Å². The van der Waals surface area contributed by atoms with E-state index in [4.69, 9.17) is 15.2 Å². The van der Waals surface area contributed by atoms with E-state index in [9.17, 15) is 18.7 Å². The normalized spacial score (nSPS) is 10.7. The van der Waals surface area contributed by atoms with E-state index in [-0.39, 0.29) is 17.1 Å². The number of ether oxygens (including phenoxy) is 2. The molecule has 0 aliphatic heterocycles. The first-order valence-corrected chi connectivity index (χ1v) is 10.8. The molecule has 0 fully saturated rings. The van der Waals surface area contributed by atoms with Crippen molar-refractivity contribution in [2.75, 3.05) is 0 Å². The molecule has 9 heteroatoms. The smallest absolute Gasteiger partial charge is 0.339 e. The Morgan fingerprint density at radius 1 is 0.912 bits per heavy atom. The fourth-order valence-corrected chi connectivity index (χ4v) is 3.53. The van der Waals surface area contributed by atoms with Crippen LogP contribution in [0, 0.1) is 11.6 Å². The van der Waals surface area contributed by atoms with E-state index < -0.39 is 29.4 Å². The molecule has 0 unspecified atom stereocenters. The molecule has 4 rings (SSSR count). The Bertz CT molecular complexity index is 1380. The molecule has 0 aliphatic rings. The van der Waals surface area contributed by atoms with Gasteiger partial charge in [-0.1, -0.05) is 46.3 Å². The lowest BCUT2D eigenvalue weighted by Crippen LogP contribution is -2.03. The van der Waals surface area contributed by atoms with Crippen molar-refractivity contribution in [1.82, 2.24) is 4.98 Å². The largest absolute Gasteiger partial charge is 0.478 e. The molecule has 0 aliphatic carbocycles. The molecule has 0 saturated heterocycles. The first-order chi connectivity index (χ1) is 16.3. The van der Waals surface area contributed by atoms with Crippen LogP contribution in [0.1, 0.15) is 15.9 Å². The number of carbonyl (C=O) groups is 1. The van der Waals surface area contributed by atoms with Gasteiger partial charge in [0, 0.05) is 17.1 Å². The second kappa shape index (κ2) is 9.98. The minimum atomic E-state index is -1.29. The Morgan fingerprint density at radius 3 is 2.29 bits per heavy atom. The summed E-state index contributed by atoms with van der Waals surface area (Å²) in [6.45, 7) is 0.388. The van der Waals surface area contributed by atoms with Crippen LogP contribution >= 0.6 is 15.9 Å². The lowest BCUT2D eigenvalue weighted by molar-refractivity contribution is 0.0694. The van der Waals surface area contributed by atoms with E-state index >= 15 is 0 Å². The number of aromatic nitrogens is 1.